The van der Waals surface area contributed by atoms with Crippen LogP contribution in [0.4, 0.5) is 0 Å². The van der Waals surface area contributed by atoms with E-state index in [1.807, 2.05) is 7.05 Å². The van der Waals surface area contributed by atoms with Crippen molar-refractivity contribution in [3.63, 3.8) is 0 Å². The van der Waals surface area contributed by atoms with E-state index in [1.165, 1.54) is 0 Å². The molecule has 2 amide bonds. The van der Waals surface area contributed by atoms with Crippen LogP contribution in [-0.2, 0) is 4.79 Å². The van der Waals surface area contributed by atoms with Crippen molar-refractivity contribution < 1.29 is 9.59 Å². The minimum Gasteiger partial charge on any atom is -0.341 e. The van der Waals surface area contributed by atoms with Crippen LogP contribution < -0.4 is 0 Å². The maximum absolute atomic E-state index is 12.2. The largest absolute Gasteiger partial charge is 0.341 e. The van der Waals surface area contributed by atoms with Crippen LogP contribution in [0.2, 0.25) is 0 Å². The zero-order valence-electron chi connectivity index (χ0n) is 9.59. The summed E-state index contributed by atoms with van der Waals surface area (Å²) in [5, 5.41) is 6.46. The summed E-state index contributed by atoms with van der Waals surface area (Å²) in [7, 11) is 1.82. The van der Waals surface area contributed by atoms with E-state index in [-0.39, 0.29) is 23.9 Å². The Bertz CT molecular complexity index is 456. The number of fused-ring (bicyclic) bond motifs is 1. The van der Waals surface area contributed by atoms with Crippen LogP contribution in [-0.4, -0.2) is 57.5 Å². The number of nitrogens with one attached hydrogen (secondary N) is 1. The van der Waals surface area contributed by atoms with Gasteiger partial charge in [-0.2, -0.15) is 5.10 Å². The summed E-state index contributed by atoms with van der Waals surface area (Å²) in [4.78, 5) is 27.4. The van der Waals surface area contributed by atoms with Crippen molar-refractivity contribution in [3.05, 3.63) is 18.0 Å². The summed E-state index contributed by atoms with van der Waals surface area (Å²) in [5.41, 5.74) is 0.493. The van der Waals surface area contributed by atoms with Gasteiger partial charge in [0.15, 0.2) is 0 Å². The molecule has 1 aromatic heterocycles. The van der Waals surface area contributed by atoms with Gasteiger partial charge in [0.1, 0.15) is 5.69 Å². The first-order chi connectivity index (χ1) is 8.18. The second-order valence-corrected chi connectivity index (χ2v) is 4.60. The lowest BCUT2D eigenvalue weighted by atomic mass is 10.1. The van der Waals surface area contributed by atoms with Crippen LogP contribution in [0, 0.1) is 0 Å². The minimum absolute atomic E-state index is 0.0308. The number of likely N-dealkylation sites (N-methyl/N-ethyl adjacent to an activating group) is 1. The minimum atomic E-state index is -0.0573. The summed E-state index contributed by atoms with van der Waals surface area (Å²) < 4.78 is 0. The van der Waals surface area contributed by atoms with Crippen molar-refractivity contribution in [3.8, 4) is 0 Å². The quantitative estimate of drug-likeness (QED) is 0.735. The maximum atomic E-state index is 12.2. The molecule has 2 aliphatic rings. The zero-order valence-corrected chi connectivity index (χ0v) is 9.59. The summed E-state index contributed by atoms with van der Waals surface area (Å²) in [6.07, 6.45) is 2.88. The predicted octanol–water partition coefficient (Wildman–Crippen LogP) is -0.145. The van der Waals surface area contributed by atoms with E-state index in [0.29, 0.717) is 18.7 Å². The van der Waals surface area contributed by atoms with Gasteiger partial charge in [-0.05, 0) is 12.5 Å². The number of carbonyl (C=O) groups is 2. The van der Waals surface area contributed by atoms with Crippen molar-refractivity contribution in [2.24, 2.45) is 0 Å². The van der Waals surface area contributed by atoms with E-state index in [1.54, 1.807) is 22.1 Å². The lowest BCUT2D eigenvalue weighted by Crippen LogP contribution is -2.39. The molecule has 17 heavy (non-hydrogen) atoms. The van der Waals surface area contributed by atoms with Crippen molar-refractivity contribution in [1.29, 1.82) is 0 Å². The number of nitrogens with zero attached hydrogens (tertiary/aromatic N) is 3. The molecule has 1 N–H and O–H groups in total. The SMILES string of the molecule is CN1C(=O)C[C@H]2[C@@H]1CCN2C(=O)c1ccn[nH]1. The van der Waals surface area contributed by atoms with Crippen LogP contribution in [0.25, 0.3) is 0 Å². The zero-order chi connectivity index (χ0) is 12.0. The molecule has 0 radical (unpaired) electrons. The molecule has 2 saturated heterocycles. The Morgan fingerprint density at radius 3 is 3.06 bits per heavy atom. The van der Waals surface area contributed by atoms with Crippen molar-refractivity contribution in [2.75, 3.05) is 13.6 Å². The number of hydrogen-bond donors (Lipinski definition) is 1. The summed E-state index contributed by atoms with van der Waals surface area (Å²) >= 11 is 0. The molecule has 0 unspecified atom stereocenters. The highest BCUT2D eigenvalue weighted by atomic mass is 16.2. The van der Waals surface area contributed by atoms with Gasteiger partial charge in [-0.3, -0.25) is 14.7 Å². The summed E-state index contributed by atoms with van der Waals surface area (Å²) in [6, 6.07) is 1.88. The van der Waals surface area contributed by atoms with E-state index >= 15 is 0 Å². The molecule has 0 aromatic carbocycles. The van der Waals surface area contributed by atoms with Gasteiger partial charge < -0.3 is 9.80 Å². The molecule has 2 fully saturated rings. The first kappa shape index (κ1) is 10.3. The van der Waals surface area contributed by atoms with Crippen LogP contribution in [0.5, 0.6) is 0 Å². The molecule has 3 rings (SSSR count). The van der Waals surface area contributed by atoms with Gasteiger partial charge in [0.2, 0.25) is 5.91 Å². The summed E-state index contributed by atoms with van der Waals surface area (Å²) in [5.74, 6) is 0.0696. The van der Waals surface area contributed by atoms with Crippen LogP contribution in [0.15, 0.2) is 12.3 Å². The van der Waals surface area contributed by atoms with Gasteiger partial charge >= 0.3 is 0 Å². The molecule has 0 bridgehead atoms. The molecule has 2 atom stereocenters. The third-order valence-electron chi connectivity index (χ3n) is 3.78. The number of aromatic amines is 1. The highest BCUT2D eigenvalue weighted by molar-refractivity contribution is 5.93. The van der Waals surface area contributed by atoms with Crippen molar-refractivity contribution in [1.82, 2.24) is 20.0 Å². The normalized spacial score (nSPS) is 27.7. The second-order valence-electron chi connectivity index (χ2n) is 4.60. The van der Waals surface area contributed by atoms with Gasteiger partial charge in [0.25, 0.3) is 5.91 Å². The summed E-state index contributed by atoms with van der Waals surface area (Å²) in [6.45, 7) is 0.713. The van der Waals surface area contributed by atoms with Crippen LogP contribution >= 0.6 is 0 Å². The Morgan fingerprint density at radius 1 is 1.53 bits per heavy atom. The van der Waals surface area contributed by atoms with E-state index in [0.717, 1.165) is 6.42 Å². The van der Waals surface area contributed by atoms with Gasteiger partial charge in [0.05, 0.1) is 12.1 Å². The topological polar surface area (TPSA) is 69.3 Å². The number of likely N-dealkylation sites (tertiary alicyclic amines) is 2. The first-order valence-corrected chi connectivity index (χ1v) is 5.74. The number of hydrogen-bond acceptors (Lipinski definition) is 3. The van der Waals surface area contributed by atoms with Crippen molar-refractivity contribution in [2.45, 2.75) is 24.9 Å². The van der Waals surface area contributed by atoms with Crippen LogP contribution in [0.1, 0.15) is 23.3 Å². The van der Waals surface area contributed by atoms with Gasteiger partial charge in [-0.15, -0.1) is 0 Å². The third kappa shape index (κ3) is 1.44. The molecule has 0 aliphatic carbocycles. The monoisotopic (exact) mass is 234 g/mol. The fraction of sp³-hybridized carbons (Fsp3) is 0.545. The smallest absolute Gasteiger partial charge is 0.272 e. The molecule has 6 nitrogen and oxygen atoms in total. The molecule has 6 heteroatoms. The van der Waals surface area contributed by atoms with E-state index in [4.69, 9.17) is 0 Å². The maximum Gasteiger partial charge on any atom is 0.272 e. The molecule has 90 valence electrons. The number of carbonyl (C=O) groups excluding carboxylic acids is 2. The average molecular weight is 234 g/mol. The number of H-pyrrole nitrogens is 1. The Labute approximate surface area is 98.6 Å². The van der Waals surface area contributed by atoms with Gasteiger partial charge in [-0.25, -0.2) is 0 Å². The lowest BCUT2D eigenvalue weighted by Gasteiger charge is -2.22. The average Bonchev–Trinajstić information content (AvgIpc) is 2.99. The molecule has 2 aliphatic heterocycles. The Morgan fingerprint density at radius 2 is 2.35 bits per heavy atom. The van der Waals surface area contributed by atoms with E-state index < -0.39 is 0 Å². The molecule has 0 spiro atoms. The standard InChI is InChI=1S/C11H14N4O2/c1-14-8-3-5-15(9(8)6-10(14)16)11(17)7-2-4-12-13-7/h2,4,8-9H,3,5-6H2,1H3,(H,12,13)/t8-,9-/m0/s1. The Hall–Kier alpha value is -1.85. The van der Waals surface area contributed by atoms with Crippen LogP contribution in [0.3, 0.4) is 0 Å². The van der Waals surface area contributed by atoms with E-state index in [2.05, 4.69) is 10.2 Å². The fourth-order valence-electron chi connectivity index (χ4n) is 2.82. The third-order valence-corrected chi connectivity index (χ3v) is 3.78. The number of rotatable bonds is 1. The molecular weight excluding hydrogens is 220 g/mol. The Kier molecular flexibility index (Phi) is 2.17. The highest BCUT2D eigenvalue weighted by Gasteiger charge is 2.46. The molecule has 1 aromatic rings. The van der Waals surface area contributed by atoms with Gasteiger partial charge in [-0.1, -0.05) is 0 Å². The van der Waals surface area contributed by atoms with E-state index in [9.17, 15) is 9.59 Å². The lowest BCUT2D eigenvalue weighted by molar-refractivity contribution is -0.127. The Balaban J connectivity index is 1.83. The second kappa shape index (κ2) is 3.58. The highest BCUT2D eigenvalue weighted by Crippen LogP contribution is 2.31. The molecule has 0 saturated carbocycles. The number of aromatic nitrogens is 2. The molecule has 3 heterocycles. The van der Waals surface area contributed by atoms with Gasteiger partial charge in [0, 0.05) is 26.2 Å². The van der Waals surface area contributed by atoms with Crippen molar-refractivity contribution >= 4 is 11.8 Å². The predicted molar refractivity (Wildman–Crippen MR) is 59.2 cm³/mol. The first-order valence-electron chi connectivity index (χ1n) is 5.74. The molecular formula is C11H14N4O2. The fourth-order valence-corrected chi connectivity index (χ4v) is 2.82. The number of amides is 2.